The smallest absolute Gasteiger partial charge is 0.129 e. The van der Waals surface area contributed by atoms with E-state index >= 15 is 0 Å². The van der Waals surface area contributed by atoms with Gasteiger partial charge in [-0.3, -0.25) is 0 Å². The minimum absolute atomic E-state index is 0.246. The fraction of sp³-hybridized carbons (Fsp3) is 0.500. The Bertz CT molecular complexity index is 374. The SMILES string of the molecule is CCCOc1ccc(Br)cc1CCCC(C)=O. The molecule has 0 radical (unpaired) electrons. The highest BCUT2D eigenvalue weighted by Gasteiger charge is 2.05. The summed E-state index contributed by atoms with van der Waals surface area (Å²) in [6.45, 7) is 4.46. The van der Waals surface area contributed by atoms with Gasteiger partial charge in [-0.05, 0) is 49.9 Å². The Balaban J connectivity index is 2.65. The first-order chi connectivity index (χ1) is 8.13. The second-order valence-electron chi connectivity index (χ2n) is 4.16. The normalized spacial score (nSPS) is 10.3. The number of halogens is 1. The molecule has 0 saturated carbocycles. The first kappa shape index (κ1) is 14.2. The zero-order valence-electron chi connectivity index (χ0n) is 10.5. The van der Waals surface area contributed by atoms with Crippen molar-refractivity contribution >= 4 is 21.7 Å². The molecule has 0 N–H and O–H groups in total. The fourth-order valence-corrected chi connectivity index (χ4v) is 2.03. The van der Waals surface area contributed by atoms with Crippen LogP contribution in [0.15, 0.2) is 22.7 Å². The monoisotopic (exact) mass is 298 g/mol. The van der Waals surface area contributed by atoms with E-state index in [9.17, 15) is 4.79 Å². The molecule has 0 heterocycles. The summed E-state index contributed by atoms with van der Waals surface area (Å²) in [5, 5.41) is 0. The van der Waals surface area contributed by atoms with Crippen LogP contribution in [0.25, 0.3) is 0 Å². The number of hydrogen-bond acceptors (Lipinski definition) is 2. The topological polar surface area (TPSA) is 26.3 Å². The maximum atomic E-state index is 10.9. The number of rotatable bonds is 7. The molecule has 0 fully saturated rings. The number of aryl methyl sites for hydroxylation is 1. The number of Topliss-reactive ketones (excluding diaryl/α,β-unsaturated/α-hetero) is 1. The van der Waals surface area contributed by atoms with Crippen LogP contribution in [0, 0.1) is 0 Å². The van der Waals surface area contributed by atoms with Gasteiger partial charge in [-0.2, -0.15) is 0 Å². The summed E-state index contributed by atoms with van der Waals surface area (Å²) in [7, 11) is 0. The van der Waals surface area contributed by atoms with Crippen molar-refractivity contribution in [2.45, 2.75) is 39.5 Å². The van der Waals surface area contributed by atoms with Gasteiger partial charge >= 0.3 is 0 Å². The van der Waals surface area contributed by atoms with Gasteiger partial charge in [0, 0.05) is 10.9 Å². The fourth-order valence-electron chi connectivity index (χ4n) is 1.62. The van der Waals surface area contributed by atoms with Gasteiger partial charge in [-0.1, -0.05) is 22.9 Å². The molecule has 3 heteroatoms. The molecule has 1 aromatic rings. The Hall–Kier alpha value is -0.830. The van der Waals surface area contributed by atoms with Crippen molar-refractivity contribution in [1.82, 2.24) is 0 Å². The molecule has 1 rings (SSSR count). The predicted molar refractivity (Wildman–Crippen MR) is 73.5 cm³/mol. The molecule has 1 aromatic carbocycles. The number of carbonyl (C=O) groups excluding carboxylic acids is 1. The average Bonchev–Trinajstić information content (AvgIpc) is 2.27. The summed E-state index contributed by atoms with van der Waals surface area (Å²) in [6, 6.07) is 6.05. The highest BCUT2D eigenvalue weighted by molar-refractivity contribution is 9.10. The van der Waals surface area contributed by atoms with Crippen LogP contribution in [0.1, 0.15) is 38.7 Å². The highest BCUT2D eigenvalue weighted by atomic mass is 79.9. The number of benzene rings is 1. The second-order valence-corrected chi connectivity index (χ2v) is 5.07. The summed E-state index contributed by atoms with van der Waals surface area (Å²) >= 11 is 3.46. The standard InChI is InChI=1S/C14H19BrO2/c1-3-9-17-14-8-7-13(15)10-12(14)6-4-5-11(2)16/h7-8,10H,3-6,9H2,1-2H3. The summed E-state index contributed by atoms with van der Waals surface area (Å²) in [6.07, 6.45) is 3.41. The molecule has 2 nitrogen and oxygen atoms in total. The molecule has 0 spiro atoms. The van der Waals surface area contributed by atoms with Gasteiger partial charge in [-0.25, -0.2) is 0 Å². The van der Waals surface area contributed by atoms with Crippen LogP contribution in [0.3, 0.4) is 0 Å². The molecule has 0 unspecified atom stereocenters. The third-order valence-corrected chi connectivity index (χ3v) is 2.95. The van der Waals surface area contributed by atoms with Gasteiger partial charge in [0.25, 0.3) is 0 Å². The number of hydrogen-bond donors (Lipinski definition) is 0. The summed E-state index contributed by atoms with van der Waals surface area (Å²) in [5.74, 6) is 1.19. The molecule has 0 aliphatic rings. The van der Waals surface area contributed by atoms with Crippen LogP contribution in [-0.4, -0.2) is 12.4 Å². The second kappa shape index (κ2) is 7.49. The average molecular weight is 299 g/mol. The third kappa shape index (κ3) is 5.35. The van der Waals surface area contributed by atoms with Gasteiger partial charge in [0.05, 0.1) is 6.61 Å². The Morgan fingerprint density at radius 2 is 2.18 bits per heavy atom. The van der Waals surface area contributed by atoms with Crippen LogP contribution in [0.5, 0.6) is 5.75 Å². The van der Waals surface area contributed by atoms with Crippen molar-refractivity contribution in [2.24, 2.45) is 0 Å². The van der Waals surface area contributed by atoms with Crippen LogP contribution in [0.2, 0.25) is 0 Å². The molecular formula is C14H19BrO2. The summed E-state index contributed by atoms with van der Waals surface area (Å²) in [4.78, 5) is 10.9. The Morgan fingerprint density at radius 3 is 2.82 bits per heavy atom. The van der Waals surface area contributed by atoms with E-state index in [1.54, 1.807) is 6.92 Å². The first-order valence-electron chi connectivity index (χ1n) is 6.04. The van der Waals surface area contributed by atoms with Crippen molar-refractivity contribution in [1.29, 1.82) is 0 Å². The largest absolute Gasteiger partial charge is 0.493 e. The molecule has 94 valence electrons. The maximum absolute atomic E-state index is 10.9. The van der Waals surface area contributed by atoms with Crippen molar-refractivity contribution in [2.75, 3.05) is 6.61 Å². The lowest BCUT2D eigenvalue weighted by Gasteiger charge is -2.11. The Labute approximate surface area is 111 Å². The number of ketones is 1. The van der Waals surface area contributed by atoms with Gasteiger partial charge in [0.1, 0.15) is 11.5 Å². The van der Waals surface area contributed by atoms with Crippen molar-refractivity contribution in [3.63, 3.8) is 0 Å². The minimum atomic E-state index is 0.246. The number of ether oxygens (including phenoxy) is 1. The molecule has 0 amide bonds. The summed E-state index contributed by atoms with van der Waals surface area (Å²) < 4.78 is 6.75. The van der Waals surface area contributed by atoms with Gasteiger partial charge in [-0.15, -0.1) is 0 Å². The maximum Gasteiger partial charge on any atom is 0.129 e. The van der Waals surface area contributed by atoms with E-state index < -0.39 is 0 Å². The van der Waals surface area contributed by atoms with E-state index in [1.807, 2.05) is 12.1 Å². The summed E-state index contributed by atoms with van der Waals surface area (Å²) in [5.41, 5.74) is 1.18. The van der Waals surface area contributed by atoms with Gasteiger partial charge in [0.2, 0.25) is 0 Å². The van der Waals surface area contributed by atoms with E-state index in [2.05, 4.69) is 28.9 Å². The lowest BCUT2D eigenvalue weighted by molar-refractivity contribution is -0.117. The van der Waals surface area contributed by atoms with Crippen molar-refractivity contribution in [3.05, 3.63) is 28.2 Å². The molecule has 0 atom stereocenters. The highest BCUT2D eigenvalue weighted by Crippen LogP contribution is 2.25. The zero-order valence-corrected chi connectivity index (χ0v) is 12.0. The van der Waals surface area contributed by atoms with Crippen molar-refractivity contribution in [3.8, 4) is 5.75 Å². The lowest BCUT2D eigenvalue weighted by atomic mass is 10.1. The quantitative estimate of drug-likeness (QED) is 0.756. The van der Waals surface area contributed by atoms with E-state index in [-0.39, 0.29) is 5.78 Å². The molecule has 0 aliphatic heterocycles. The Kier molecular flexibility index (Phi) is 6.27. The van der Waals surface area contributed by atoms with Crippen molar-refractivity contribution < 1.29 is 9.53 Å². The van der Waals surface area contributed by atoms with E-state index in [0.717, 1.165) is 36.1 Å². The van der Waals surface area contributed by atoms with Gasteiger partial charge < -0.3 is 9.53 Å². The minimum Gasteiger partial charge on any atom is -0.493 e. The molecule has 0 bridgehead atoms. The molecule has 0 aliphatic carbocycles. The molecular weight excluding hydrogens is 280 g/mol. The Morgan fingerprint density at radius 1 is 1.41 bits per heavy atom. The molecule has 17 heavy (non-hydrogen) atoms. The van der Waals surface area contributed by atoms with E-state index in [0.29, 0.717) is 6.42 Å². The zero-order chi connectivity index (χ0) is 12.7. The van der Waals surface area contributed by atoms with Gasteiger partial charge in [0.15, 0.2) is 0 Å². The van der Waals surface area contributed by atoms with E-state index in [4.69, 9.17) is 4.74 Å². The first-order valence-corrected chi connectivity index (χ1v) is 6.83. The predicted octanol–water partition coefficient (Wildman–Crippen LogP) is 4.15. The molecule has 0 aromatic heterocycles. The van der Waals surface area contributed by atoms with Crippen LogP contribution < -0.4 is 4.74 Å². The molecule has 0 saturated heterocycles. The lowest BCUT2D eigenvalue weighted by Crippen LogP contribution is -2.00. The van der Waals surface area contributed by atoms with E-state index in [1.165, 1.54) is 5.56 Å². The van der Waals surface area contributed by atoms with Crippen LogP contribution >= 0.6 is 15.9 Å². The third-order valence-electron chi connectivity index (χ3n) is 2.46. The van der Waals surface area contributed by atoms with Crippen LogP contribution in [0.4, 0.5) is 0 Å². The van der Waals surface area contributed by atoms with Crippen LogP contribution in [-0.2, 0) is 11.2 Å². The number of carbonyl (C=O) groups is 1.